The van der Waals surface area contributed by atoms with E-state index in [1.54, 1.807) is 10.9 Å². The Morgan fingerprint density at radius 3 is 2.89 bits per heavy atom. The molecule has 0 amide bonds. The second-order valence-corrected chi connectivity index (χ2v) is 4.75. The van der Waals surface area contributed by atoms with E-state index in [4.69, 9.17) is 10.5 Å². The molecule has 19 heavy (non-hydrogen) atoms. The predicted octanol–water partition coefficient (Wildman–Crippen LogP) is 2.36. The molecule has 0 saturated heterocycles. The summed E-state index contributed by atoms with van der Waals surface area (Å²) in [6.07, 6.45) is 3.77. The molecule has 0 radical (unpaired) electrons. The largest absolute Gasteiger partial charge is 0.321 e. The average Bonchev–Trinajstić information content (AvgIpc) is 3.03. The van der Waals surface area contributed by atoms with Crippen molar-refractivity contribution >= 4 is 0 Å². The molecule has 1 aromatic carbocycles. The van der Waals surface area contributed by atoms with Crippen LogP contribution in [0.15, 0.2) is 30.6 Å². The van der Waals surface area contributed by atoms with Gasteiger partial charge in [0.2, 0.25) is 0 Å². The molecular formula is C15H12N4. The average molecular weight is 248 g/mol. The van der Waals surface area contributed by atoms with Crippen LogP contribution in [0.2, 0.25) is 0 Å². The summed E-state index contributed by atoms with van der Waals surface area (Å²) in [6, 6.07) is 12.5. The van der Waals surface area contributed by atoms with Crippen molar-refractivity contribution in [1.29, 1.82) is 10.5 Å². The molecule has 1 aromatic heterocycles. The van der Waals surface area contributed by atoms with Gasteiger partial charge in [-0.2, -0.15) is 10.5 Å². The SMILES string of the molecule is N#Cc1ncn(CC2CCc3ccccc32)c1C#N. The van der Waals surface area contributed by atoms with Gasteiger partial charge in [0.15, 0.2) is 11.4 Å². The van der Waals surface area contributed by atoms with Crippen LogP contribution in [0.3, 0.4) is 0 Å². The lowest BCUT2D eigenvalue weighted by Crippen LogP contribution is -2.07. The van der Waals surface area contributed by atoms with Crippen LogP contribution in [-0.4, -0.2) is 9.55 Å². The highest BCUT2D eigenvalue weighted by atomic mass is 15.1. The molecule has 0 spiro atoms. The Kier molecular flexibility index (Phi) is 2.78. The highest BCUT2D eigenvalue weighted by Crippen LogP contribution is 2.34. The molecule has 1 atom stereocenters. The number of imidazole rings is 1. The number of nitriles is 2. The van der Waals surface area contributed by atoms with E-state index in [-0.39, 0.29) is 5.69 Å². The van der Waals surface area contributed by atoms with Crippen LogP contribution in [0.1, 0.15) is 34.9 Å². The lowest BCUT2D eigenvalue weighted by atomic mass is 10.0. The van der Waals surface area contributed by atoms with Crippen molar-refractivity contribution in [3.05, 3.63) is 53.1 Å². The van der Waals surface area contributed by atoms with Gasteiger partial charge < -0.3 is 4.57 Å². The first-order valence-electron chi connectivity index (χ1n) is 6.26. The second kappa shape index (κ2) is 4.59. The maximum Gasteiger partial charge on any atom is 0.176 e. The summed E-state index contributed by atoms with van der Waals surface area (Å²) in [6.45, 7) is 0.717. The number of rotatable bonds is 2. The Morgan fingerprint density at radius 2 is 2.11 bits per heavy atom. The Morgan fingerprint density at radius 1 is 1.26 bits per heavy atom. The highest BCUT2D eigenvalue weighted by Gasteiger charge is 2.23. The molecule has 0 aliphatic heterocycles. The molecule has 2 aromatic rings. The van der Waals surface area contributed by atoms with E-state index >= 15 is 0 Å². The van der Waals surface area contributed by atoms with Gasteiger partial charge in [-0.15, -0.1) is 0 Å². The molecule has 1 aliphatic rings. The third kappa shape index (κ3) is 1.88. The van der Waals surface area contributed by atoms with Gasteiger partial charge in [-0.1, -0.05) is 24.3 Å². The molecule has 4 heteroatoms. The summed E-state index contributed by atoms with van der Waals surface area (Å²) in [5, 5.41) is 18.0. The molecule has 0 bridgehead atoms. The van der Waals surface area contributed by atoms with Gasteiger partial charge in [-0.25, -0.2) is 4.98 Å². The number of aromatic nitrogens is 2. The number of hydrogen-bond donors (Lipinski definition) is 0. The maximum absolute atomic E-state index is 9.13. The van der Waals surface area contributed by atoms with Crippen LogP contribution < -0.4 is 0 Å². The van der Waals surface area contributed by atoms with Crippen molar-refractivity contribution < 1.29 is 0 Å². The zero-order valence-corrected chi connectivity index (χ0v) is 10.4. The van der Waals surface area contributed by atoms with Crippen molar-refractivity contribution in [2.45, 2.75) is 25.3 Å². The minimum absolute atomic E-state index is 0.216. The summed E-state index contributed by atoms with van der Waals surface area (Å²) >= 11 is 0. The smallest absolute Gasteiger partial charge is 0.176 e. The molecule has 0 fully saturated rings. The van der Waals surface area contributed by atoms with Crippen molar-refractivity contribution in [2.75, 3.05) is 0 Å². The van der Waals surface area contributed by atoms with Crippen LogP contribution in [0.25, 0.3) is 0 Å². The van der Waals surface area contributed by atoms with E-state index in [0.717, 1.165) is 12.8 Å². The monoisotopic (exact) mass is 248 g/mol. The lowest BCUT2D eigenvalue weighted by molar-refractivity contribution is 0.552. The van der Waals surface area contributed by atoms with Gasteiger partial charge in [-0.05, 0) is 24.0 Å². The third-order valence-electron chi connectivity index (χ3n) is 3.72. The predicted molar refractivity (Wildman–Crippen MR) is 69.2 cm³/mol. The molecule has 4 nitrogen and oxygen atoms in total. The first kappa shape index (κ1) is 11.5. The summed E-state index contributed by atoms with van der Waals surface area (Å²) in [4.78, 5) is 3.98. The van der Waals surface area contributed by atoms with E-state index in [2.05, 4.69) is 35.3 Å². The lowest BCUT2D eigenvalue weighted by Gasteiger charge is -2.12. The maximum atomic E-state index is 9.13. The van der Waals surface area contributed by atoms with Crippen LogP contribution in [0.4, 0.5) is 0 Å². The van der Waals surface area contributed by atoms with Gasteiger partial charge in [0.1, 0.15) is 12.1 Å². The van der Waals surface area contributed by atoms with Gasteiger partial charge >= 0.3 is 0 Å². The first-order chi connectivity index (χ1) is 9.33. The van der Waals surface area contributed by atoms with E-state index in [9.17, 15) is 0 Å². The first-order valence-corrected chi connectivity index (χ1v) is 6.26. The zero-order chi connectivity index (χ0) is 13.2. The minimum atomic E-state index is 0.216. The van der Waals surface area contributed by atoms with Crippen molar-refractivity contribution in [3.63, 3.8) is 0 Å². The van der Waals surface area contributed by atoms with E-state index < -0.39 is 0 Å². The van der Waals surface area contributed by atoms with Crippen molar-refractivity contribution in [3.8, 4) is 12.1 Å². The van der Waals surface area contributed by atoms with Gasteiger partial charge in [0.05, 0.1) is 6.33 Å². The Bertz CT molecular complexity index is 700. The zero-order valence-electron chi connectivity index (χ0n) is 10.4. The summed E-state index contributed by atoms with van der Waals surface area (Å²) in [5.74, 6) is 0.407. The molecule has 1 aliphatic carbocycles. The van der Waals surface area contributed by atoms with E-state index in [0.29, 0.717) is 18.2 Å². The van der Waals surface area contributed by atoms with Gasteiger partial charge in [0, 0.05) is 12.5 Å². The fourth-order valence-electron chi connectivity index (χ4n) is 2.79. The standard InChI is InChI=1S/C15H12N4/c16-7-14-15(8-17)19(10-18-14)9-12-6-5-11-3-1-2-4-13(11)12/h1-4,10,12H,5-6,9H2. The Hall–Kier alpha value is -2.59. The normalized spacial score (nSPS) is 16.6. The van der Waals surface area contributed by atoms with Crippen LogP contribution in [0.5, 0.6) is 0 Å². The third-order valence-corrected chi connectivity index (χ3v) is 3.72. The fourth-order valence-corrected chi connectivity index (χ4v) is 2.79. The van der Waals surface area contributed by atoms with Crippen LogP contribution in [0, 0.1) is 22.7 Å². The number of nitrogens with zero attached hydrogens (tertiary/aromatic N) is 4. The molecule has 1 heterocycles. The molecular weight excluding hydrogens is 236 g/mol. The van der Waals surface area contributed by atoms with E-state index in [1.807, 2.05) is 6.07 Å². The number of hydrogen-bond acceptors (Lipinski definition) is 3. The molecule has 3 rings (SSSR count). The summed E-state index contributed by atoms with van der Waals surface area (Å²) < 4.78 is 1.80. The molecule has 92 valence electrons. The van der Waals surface area contributed by atoms with Gasteiger partial charge in [0.25, 0.3) is 0 Å². The Labute approximate surface area is 111 Å². The highest BCUT2D eigenvalue weighted by molar-refractivity contribution is 5.38. The van der Waals surface area contributed by atoms with Crippen LogP contribution >= 0.6 is 0 Å². The molecule has 1 unspecified atom stereocenters. The summed E-state index contributed by atoms with van der Waals surface area (Å²) in [7, 11) is 0. The molecule has 0 N–H and O–H groups in total. The number of fused-ring (bicyclic) bond motifs is 1. The fraction of sp³-hybridized carbons (Fsp3) is 0.267. The minimum Gasteiger partial charge on any atom is -0.321 e. The van der Waals surface area contributed by atoms with Gasteiger partial charge in [-0.3, -0.25) is 0 Å². The van der Waals surface area contributed by atoms with E-state index in [1.165, 1.54) is 11.1 Å². The Balaban J connectivity index is 1.91. The van der Waals surface area contributed by atoms with Crippen molar-refractivity contribution in [1.82, 2.24) is 9.55 Å². The second-order valence-electron chi connectivity index (χ2n) is 4.75. The topological polar surface area (TPSA) is 65.4 Å². The van der Waals surface area contributed by atoms with Crippen LogP contribution in [-0.2, 0) is 13.0 Å². The number of benzene rings is 1. The quantitative estimate of drug-likeness (QED) is 0.819. The van der Waals surface area contributed by atoms with Crippen molar-refractivity contribution in [2.24, 2.45) is 0 Å². The summed E-state index contributed by atoms with van der Waals surface area (Å²) in [5.41, 5.74) is 3.34. The molecule has 0 saturated carbocycles. The number of aryl methyl sites for hydroxylation is 1.